The Balaban J connectivity index is 0.00000320. The quantitative estimate of drug-likeness (QED) is 0.232. The molecule has 0 amide bonds. The predicted molar refractivity (Wildman–Crippen MR) is 134 cm³/mol. The highest BCUT2D eigenvalue weighted by Crippen LogP contribution is 2.26. The van der Waals surface area contributed by atoms with E-state index in [2.05, 4.69) is 38.1 Å². The van der Waals surface area contributed by atoms with Gasteiger partial charge in [-0.05, 0) is 33.8 Å². The van der Waals surface area contributed by atoms with Gasteiger partial charge < -0.3 is 20.2 Å². The fourth-order valence-corrected chi connectivity index (χ4v) is 3.86. The molecule has 0 radical (unpaired) electrons. The van der Waals surface area contributed by atoms with Crippen LogP contribution >= 0.6 is 35.3 Å². The lowest BCUT2D eigenvalue weighted by atomic mass is 9.96. The molecule has 0 bridgehead atoms. The number of furan rings is 1. The molecule has 2 heterocycles. The van der Waals surface area contributed by atoms with E-state index in [1.165, 1.54) is 0 Å². The Kier molecular flexibility index (Phi) is 8.87. The first-order valence-corrected chi connectivity index (χ1v) is 10.6. The van der Waals surface area contributed by atoms with Crippen LogP contribution in [0, 0.1) is 13.8 Å². The zero-order valence-electron chi connectivity index (χ0n) is 17.7. The Labute approximate surface area is 198 Å². The van der Waals surface area contributed by atoms with Crippen LogP contribution in [0.5, 0.6) is 0 Å². The number of guanidine groups is 1. The molecule has 0 aliphatic rings. The summed E-state index contributed by atoms with van der Waals surface area (Å²) in [6.45, 7) is 9.03. The molecule has 8 heteroatoms. The van der Waals surface area contributed by atoms with Crippen LogP contribution in [0.2, 0.25) is 0 Å². The Morgan fingerprint density at radius 3 is 2.60 bits per heavy atom. The number of rotatable bonds is 7. The van der Waals surface area contributed by atoms with Gasteiger partial charge in [0, 0.05) is 23.1 Å². The summed E-state index contributed by atoms with van der Waals surface area (Å²) < 4.78 is 5.56. The third-order valence-corrected chi connectivity index (χ3v) is 5.39. The van der Waals surface area contributed by atoms with E-state index in [4.69, 9.17) is 4.42 Å². The minimum absolute atomic E-state index is 0. The molecule has 0 aliphatic heterocycles. The van der Waals surface area contributed by atoms with E-state index in [0.29, 0.717) is 19.0 Å². The lowest BCUT2D eigenvalue weighted by molar-refractivity contribution is 0.0601. The van der Waals surface area contributed by atoms with Gasteiger partial charge in [-0.1, -0.05) is 30.3 Å². The van der Waals surface area contributed by atoms with Crippen LogP contribution in [0.4, 0.5) is 0 Å². The van der Waals surface area contributed by atoms with Gasteiger partial charge in [-0.3, -0.25) is 0 Å². The maximum Gasteiger partial charge on any atom is 0.191 e. The van der Waals surface area contributed by atoms with E-state index in [0.717, 1.165) is 39.9 Å². The van der Waals surface area contributed by atoms with Crippen LogP contribution in [0.15, 0.2) is 51.2 Å². The molecule has 1 aromatic carbocycles. The van der Waals surface area contributed by atoms with Crippen molar-refractivity contribution in [2.75, 3.05) is 13.1 Å². The predicted octanol–water partition coefficient (Wildman–Crippen LogP) is 4.60. The summed E-state index contributed by atoms with van der Waals surface area (Å²) in [6.07, 6.45) is 0. The molecule has 3 N–H and O–H groups in total. The summed E-state index contributed by atoms with van der Waals surface area (Å²) in [5, 5.41) is 20.3. The van der Waals surface area contributed by atoms with E-state index in [9.17, 15) is 5.11 Å². The van der Waals surface area contributed by atoms with E-state index in [-0.39, 0.29) is 24.0 Å². The second-order valence-corrected chi connectivity index (χ2v) is 8.08. The average Bonchev–Trinajstić information content (AvgIpc) is 3.31. The molecular formula is C22H29IN4O2S. The third kappa shape index (κ3) is 6.29. The van der Waals surface area contributed by atoms with Gasteiger partial charge >= 0.3 is 0 Å². The lowest BCUT2D eigenvalue weighted by Gasteiger charge is -2.24. The average molecular weight is 540 g/mol. The van der Waals surface area contributed by atoms with Gasteiger partial charge in [-0.15, -0.1) is 35.3 Å². The van der Waals surface area contributed by atoms with E-state index in [1.807, 2.05) is 45.0 Å². The minimum atomic E-state index is -1.07. The number of thiazole rings is 1. The maximum absolute atomic E-state index is 10.9. The molecule has 3 rings (SSSR count). The highest BCUT2D eigenvalue weighted by atomic mass is 127. The molecule has 30 heavy (non-hydrogen) atoms. The first kappa shape index (κ1) is 24.4. The second-order valence-electron chi connectivity index (χ2n) is 7.14. The van der Waals surface area contributed by atoms with Crippen molar-refractivity contribution in [3.8, 4) is 11.3 Å². The maximum atomic E-state index is 10.9. The van der Waals surface area contributed by atoms with Gasteiger partial charge in [0.2, 0.25) is 0 Å². The van der Waals surface area contributed by atoms with Crippen molar-refractivity contribution >= 4 is 41.3 Å². The number of halogens is 1. The number of hydrogen-bond donors (Lipinski definition) is 3. The van der Waals surface area contributed by atoms with Crippen molar-refractivity contribution < 1.29 is 9.52 Å². The van der Waals surface area contributed by atoms with Crippen molar-refractivity contribution in [2.24, 2.45) is 4.99 Å². The molecule has 0 fully saturated rings. The number of benzene rings is 1. The lowest BCUT2D eigenvalue weighted by Crippen LogP contribution is -2.44. The van der Waals surface area contributed by atoms with Crippen LogP contribution < -0.4 is 10.6 Å². The highest BCUT2D eigenvalue weighted by Gasteiger charge is 2.27. The zero-order valence-corrected chi connectivity index (χ0v) is 20.9. The van der Waals surface area contributed by atoms with Gasteiger partial charge in [0.25, 0.3) is 0 Å². The standard InChI is InChI=1S/C22H28N4O2S.HI/c1-5-23-21(25-14-22(4,27)18-11-15(2)28-16(18)3)24-12-20-26-19(13-29-20)17-9-7-6-8-10-17;/h6-11,13,27H,5,12,14H2,1-4H3,(H2,23,24,25);1H. The van der Waals surface area contributed by atoms with Gasteiger partial charge in [-0.2, -0.15) is 0 Å². The first-order valence-electron chi connectivity index (χ1n) is 9.71. The first-order chi connectivity index (χ1) is 13.9. The molecule has 162 valence electrons. The number of aryl methyl sites for hydroxylation is 2. The van der Waals surface area contributed by atoms with E-state index < -0.39 is 5.60 Å². The largest absolute Gasteiger partial charge is 0.466 e. The summed E-state index contributed by atoms with van der Waals surface area (Å²) >= 11 is 1.59. The normalized spacial score (nSPS) is 13.4. The molecule has 3 aromatic rings. The van der Waals surface area contributed by atoms with Crippen molar-refractivity contribution in [1.29, 1.82) is 0 Å². The van der Waals surface area contributed by atoms with Gasteiger partial charge in [0.15, 0.2) is 5.96 Å². The van der Waals surface area contributed by atoms with Crippen LogP contribution in [0.25, 0.3) is 11.3 Å². The third-order valence-electron chi connectivity index (χ3n) is 4.56. The van der Waals surface area contributed by atoms with E-state index >= 15 is 0 Å². The Morgan fingerprint density at radius 2 is 1.97 bits per heavy atom. The number of nitrogens with one attached hydrogen (secondary N) is 2. The van der Waals surface area contributed by atoms with Crippen LogP contribution in [-0.4, -0.2) is 29.1 Å². The van der Waals surface area contributed by atoms with Gasteiger partial charge in [0.05, 0.1) is 18.8 Å². The fraction of sp³-hybridized carbons (Fsp3) is 0.364. The van der Waals surface area contributed by atoms with Crippen LogP contribution in [-0.2, 0) is 12.1 Å². The summed E-state index contributed by atoms with van der Waals surface area (Å²) in [6, 6.07) is 12.0. The Bertz CT molecular complexity index is 967. The second kappa shape index (κ2) is 10.9. The number of aliphatic imine (C=N–C) groups is 1. The molecule has 1 atom stereocenters. The van der Waals surface area contributed by atoms with Crippen molar-refractivity contribution in [2.45, 2.75) is 39.8 Å². The van der Waals surface area contributed by atoms with Gasteiger partial charge in [0.1, 0.15) is 22.1 Å². The topological polar surface area (TPSA) is 82.7 Å². The monoisotopic (exact) mass is 540 g/mol. The summed E-state index contributed by atoms with van der Waals surface area (Å²) in [5.74, 6) is 2.16. The highest BCUT2D eigenvalue weighted by molar-refractivity contribution is 14.0. The zero-order chi connectivity index (χ0) is 20.9. The molecule has 0 aliphatic carbocycles. The smallest absolute Gasteiger partial charge is 0.191 e. The van der Waals surface area contributed by atoms with E-state index in [1.54, 1.807) is 18.3 Å². The number of aromatic nitrogens is 1. The molecular weight excluding hydrogens is 511 g/mol. The fourth-order valence-electron chi connectivity index (χ4n) is 3.13. The molecule has 0 spiro atoms. The molecule has 0 saturated heterocycles. The van der Waals surface area contributed by atoms with Crippen LogP contribution in [0.1, 0.15) is 35.9 Å². The number of hydrogen-bond acceptors (Lipinski definition) is 5. The molecule has 0 saturated carbocycles. The molecule has 6 nitrogen and oxygen atoms in total. The minimum Gasteiger partial charge on any atom is -0.466 e. The summed E-state index contributed by atoms with van der Waals surface area (Å²) in [4.78, 5) is 9.30. The summed E-state index contributed by atoms with van der Waals surface area (Å²) in [5.41, 5.74) is 1.78. The molecule has 1 unspecified atom stereocenters. The van der Waals surface area contributed by atoms with Crippen LogP contribution in [0.3, 0.4) is 0 Å². The van der Waals surface area contributed by atoms with Gasteiger partial charge in [-0.25, -0.2) is 9.98 Å². The number of aliphatic hydroxyl groups is 1. The van der Waals surface area contributed by atoms with Crippen molar-refractivity contribution in [3.63, 3.8) is 0 Å². The SMILES string of the molecule is CCNC(=NCc1nc(-c2ccccc2)cs1)NCC(C)(O)c1cc(C)oc1C.I. The summed E-state index contributed by atoms with van der Waals surface area (Å²) in [7, 11) is 0. The molecule has 2 aromatic heterocycles. The Hall–Kier alpha value is -1.91. The Morgan fingerprint density at radius 1 is 1.23 bits per heavy atom. The number of nitrogens with zero attached hydrogens (tertiary/aromatic N) is 2. The van der Waals surface area contributed by atoms with Crippen molar-refractivity contribution in [3.05, 3.63) is 63.9 Å². The van der Waals surface area contributed by atoms with Crippen molar-refractivity contribution in [1.82, 2.24) is 15.6 Å².